The van der Waals surface area contributed by atoms with E-state index in [1.54, 1.807) is 29.5 Å². The molecular weight excluding hydrogens is 334 g/mol. The molecule has 1 atom stereocenters. The first-order valence-corrected chi connectivity index (χ1v) is 9.08. The third kappa shape index (κ3) is 3.08. The van der Waals surface area contributed by atoms with Crippen LogP contribution in [0.25, 0.3) is 10.6 Å². The molecule has 1 aliphatic heterocycles. The van der Waals surface area contributed by atoms with E-state index in [2.05, 4.69) is 22.3 Å². The molecule has 3 heterocycles. The molecule has 2 aromatic heterocycles. The van der Waals surface area contributed by atoms with E-state index in [1.807, 2.05) is 40.4 Å². The Balaban J connectivity index is 1.54. The number of amides is 1. The van der Waals surface area contributed by atoms with Gasteiger partial charge in [0.25, 0.3) is 5.91 Å². The van der Waals surface area contributed by atoms with Gasteiger partial charge in [-0.15, -0.1) is 11.3 Å². The van der Waals surface area contributed by atoms with Crippen LogP contribution >= 0.6 is 11.3 Å². The van der Waals surface area contributed by atoms with E-state index >= 15 is 0 Å². The van der Waals surface area contributed by atoms with Gasteiger partial charge in [0.15, 0.2) is 5.69 Å². The molecule has 7 heteroatoms. The first-order valence-electron chi connectivity index (χ1n) is 8.20. The lowest BCUT2D eigenvalue weighted by atomic mass is 10.2. The second-order valence-corrected chi connectivity index (χ2v) is 7.13. The summed E-state index contributed by atoms with van der Waals surface area (Å²) in [7, 11) is 1.78. The van der Waals surface area contributed by atoms with Crippen molar-refractivity contribution < 1.29 is 4.79 Å². The zero-order valence-corrected chi connectivity index (χ0v) is 15.0. The van der Waals surface area contributed by atoms with Crippen LogP contribution < -0.4 is 10.2 Å². The number of aromatic nitrogens is 3. The fourth-order valence-corrected chi connectivity index (χ4v) is 3.59. The Morgan fingerprint density at radius 1 is 1.36 bits per heavy atom. The van der Waals surface area contributed by atoms with E-state index in [9.17, 15) is 4.79 Å². The van der Waals surface area contributed by atoms with Gasteiger partial charge >= 0.3 is 0 Å². The minimum Gasteiger partial charge on any atom is -0.310 e. The summed E-state index contributed by atoms with van der Waals surface area (Å²) in [5, 5.41) is 10.8. The van der Waals surface area contributed by atoms with E-state index in [1.165, 1.54) is 0 Å². The smallest absolute Gasteiger partial charge is 0.278 e. The van der Waals surface area contributed by atoms with Crippen molar-refractivity contribution in [3.05, 3.63) is 53.3 Å². The Hall–Kier alpha value is -2.51. The van der Waals surface area contributed by atoms with Gasteiger partial charge in [-0.05, 0) is 37.3 Å². The van der Waals surface area contributed by atoms with E-state index in [4.69, 9.17) is 0 Å². The number of rotatable bonds is 3. The van der Waals surface area contributed by atoms with Crippen LogP contribution in [0.1, 0.15) is 23.1 Å². The topological polar surface area (TPSA) is 63.1 Å². The molecule has 6 nitrogen and oxygen atoms in total. The minimum absolute atomic E-state index is 0.100. The highest BCUT2D eigenvalue weighted by Gasteiger charge is 2.22. The number of nitrogens with zero attached hydrogens (tertiary/aromatic N) is 4. The standard InChI is InChI=1S/C18H19N5OS/c1-12-11-23-15(10-20-12)9-16(21-23)18(24)22(2)14-5-3-13(4-6-14)17-19-7-8-25-17/h3-9,12,20H,10-11H2,1-2H3. The van der Waals surface area contributed by atoms with Crippen molar-refractivity contribution >= 4 is 22.9 Å². The van der Waals surface area contributed by atoms with Crippen LogP contribution in [0.2, 0.25) is 0 Å². The Labute approximate surface area is 150 Å². The molecule has 0 saturated heterocycles. The second kappa shape index (κ2) is 6.42. The summed E-state index contributed by atoms with van der Waals surface area (Å²) >= 11 is 1.60. The number of carbonyl (C=O) groups excluding carboxylic acids is 1. The zero-order valence-electron chi connectivity index (χ0n) is 14.1. The summed E-state index contributed by atoms with van der Waals surface area (Å²) in [4.78, 5) is 18.7. The number of hydrogen-bond acceptors (Lipinski definition) is 5. The van der Waals surface area contributed by atoms with Crippen molar-refractivity contribution in [1.82, 2.24) is 20.1 Å². The fraction of sp³-hybridized carbons (Fsp3) is 0.278. The molecule has 0 radical (unpaired) electrons. The lowest BCUT2D eigenvalue weighted by molar-refractivity contribution is 0.0987. The van der Waals surface area contributed by atoms with Gasteiger partial charge in [-0.2, -0.15) is 5.10 Å². The summed E-state index contributed by atoms with van der Waals surface area (Å²) in [6.45, 7) is 3.64. The Bertz CT molecular complexity index is 885. The van der Waals surface area contributed by atoms with Gasteiger partial charge in [-0.3, -0.25) is 9.48 Å². The number of thiazole rings is 1. The molecule has 1 aromatic carbocycles. The van der Waals surface area contributed by atoms with Crippen molar-refractivity contribution in [1.29, 1.82) is 0 Å². The molecule has 0 aliphatic carbocycles. The molecule has 0 saturated carbocycles. The van der Waals surface area contributed by atoms with E-state index in [0.29, 0.717) is 11.7 Å². The summed E-state index contributed by atoms with van der Waals surface area (Å²) < 4.78 is 1.92. The van der Waals surface area contributed by atoms with Crippen molar-refractivity contribution in [2.24, 2.45) is 0 Å². The third-order valence-electron chi connectivity index (χ3n) is 4.40. The fourth-order valence-electron chi connectivity index (χ4n) is 2.95. The van der Waals surface area contributed by atoms with Gasteiger partial charge < -0.3 is 10.2 Å². The predicted octanol–water partition coefficient (Wildman–Crippen LogP) is 2.77. The molecule has 0 fully saturated rings. The molecule has 3 aromatic rings. The average molecular weight is 353 g/mol. The van der Waals surface area contributed by atoms with Crippen molar-refractivity contribution in [3.8, 4) is 10.6 Å². The van der Waals surface area contributed by atoms with Crippen LogP contribution in [0.4, 0.5) is 5.69 Å². The largest absolute Gasteiger partial charge is 0.310 e. The normalized spacial score (nSPS) is 16.5. The number of anilines is 1. The Morgan fingerprint density at radius 2 is 2.16 bits per heavy atom. The Kier molecular flexibility index (Phi) is 4.10. The van der Waals surface area contributed by atoms with Gasteiger partial charge in [0.2, 0.25) is 0 Å². The van der Waals surface area contributed by atoms with Gasteiger partial charge in [-0.1, -0.05) is 0 Å². The summed E-state index contributed by atoms with van der Waals surface area (Å²) in [6.07, 6.45) is 1.79. The maximum Gasteiger partial charge on any atom is 0.278 e. The number of benzene rings is 1. The first kappa shape index (κ1) is 16.0. The van der Waals surface area contributed by atoms with Crippen LogP contribution in [0.15, 0.2) is 41.9 Å². The zero-order chi connectivity index (χ0) is 17.4. The monoisotopic (exact) mass is 353 g/mol. The third-order valence-corrected chi connectivity index (χ3v) is 5.22. The van der Waals surface area contributed by atoms with E-state index in [0.717, 1.165) is 35.0 Å². The molecule has 1 aliphatic rings. The molecule has 128 valence electrons. The van der Waals surface area contributed by atoms with Crippen LogP contribution in [0.3, 0.4) is 0 Å². The number of fused-ring (bicyclic) bond motifs is 1. The van der Waals surface area contributed by atoms with Gasteiger partial charge in [0.05, 0.1) is 12.2 Å². The number of hydrogen-bond donors (Lipinski definition) is 1. The van der Waals surface area contributed by atoms with Gasteiger partial charge in [0.1, 0.15) is 5.01 Å². The lowest BCUT2D eigenvalue weighted by Gasteiger charge is -2.21. The predicted molar refractivity (Wildman–Crippen MR) is 98.8 cm³/mol. The van der Waals surface area contributed by atoms with Crippen molar-refractivity contribution in [2.45, 2.75) is 26.1 Å². The van der Waals surface area contributed by atoms with Crippen LogP contribution in [-0.2, 0) is 13.1 Å². The van der Waals surface area contributed by atoms with Crippen LogP contribution in [-0.4, -0.2) is 33.8 Å². The number of nitrogens with one attached hydrogen (secondary N) is 1. The molecule has 0 bridgehead atoms. The SMILES string of the molecule is CC1Cn2nc(C(=O)N(C)c3ccc(-c4nccs4)cc3)cc2CN1. The average Bonchev–Trinajstić information content (AvgIpc) is 3.30. The quantitative estimate of drug-likeness (QED) is 0.786. The lowest BCUT2D eigenvalue weighted by Crippen LogP contribution is -2.36. The van der Waals surface area contributed by atoms with Gasteiger partial charge in [0, 0.05) is 42.5 Å². The van der Waals surface area contributed by atoms with Crippen LogP contribution in [0, 0.1) is 0 Å². The first-order chi connectivity index (χ1) is 12.1. The van der Waals surface area contributed by atoms with E-state index in [-0.39, 0.29) is 5.91 Å². The maximum atomic E-state index is 12.8. The highest BCUT2D eigenvalue weighted by atomic mass is 32.1. The summed E-state index contributed by atoms with van der Waals surface area (Å²) in [5.41, 5.74) is 3.42. The second-order valence-electron chi connectivity index (χ2n) is 6.23. The molecular formula is C18H19N5OS. The molecule has 1 N–H and O–H groups in total. The molecule has 1 unspecified atom stereocenters. The molecule has 1 amide bonds. The van der Waals surface area contributed by atoms with E-state index < -0.39 is 0 Å². The van der Waals surface area contributed by atoms with Crippen molar-refractivity contribution in [2.75, 3.05) is 11.9 Å². The molecule has 0 spiro atoms. The summed E-state index contributed by atoms with van der Waals surface area (Å²) in [6, 6.07) is 10.1. The van der Waals surface area contributed by atoms with Crippen LogP contribution in [0.5, 0.6) is 0 Å². The number of carbonyl (C=O) groups is 1. The minimum atomic E-state index is -0.100. The molecule has 4 rings (SSSR count). The highest BCUT2D eigenvalue weighted by molar-refractivity contribution is 7.13. The van der Waals surface area contributed by atoms with Gasteiger partial charge in [-0.25, -0.2) is 4.98 Å². The molecule has 25 heavy (non-hydrogen) atoms. The summed E-state index contributed by atoms with van der Waals surface area (Å²) in [5.74, 6) is -0.100. The van der Waals surface area contributed by atoms with Crippen molar-refractivity contribution in [3.63, 3.8) is 0 Å². The Morgan fingerprint density at radius 3 is 2.88 bits per heavy atom. The highest BCUT2D eigenvalue weighted by Crippen LogP contribution is 2.25. The maximum absolute atomic E-state index is 12.8.